The van der Waals surface area contributed by atoms with Gasteiger partial charge in [-0.2, -0.15) is 0 Å². The second-order valence-electron chi connectivity index (χ2n) is 6.03. The molecule has 0 amide bonds. The van der Waals surface area contributed by atoms with Crippen molar-refractivity contribution in [2.75, 3.05) is 13.1 Å². The minimum absolute atomic E-state index is 0.00585. The molecule has 7 heteroatoms. The Kier molecular flexibility index (Phi) is 4.65. The van der Waals surface area contributed by atoms with Crippen LogP contribution in [-0.2, 0) is 10.0 Å². The van der Waals surface area contributed by atoms with Gasteiger partial charge in [0.05, 0.1) is 4.90 Å². The molecule has 21 heavy (non-hydrogen) atoms. The van der Waals surface area contributed by atoms with E-state index in [1.165, 1.54) is 0 Å². The number of halogens is 2. The van der Waals surface area contributed by atoms with Gasteiger partial charge in [-0.25, -0.2) is 21.9 Å². The topological polar surface area (TPSA) is 58.2 Å². The monoisotopic (exact) mass is 318 g/mol. The van der Waals surface area contributed by atoms with E-state index in [-0.39, 0.29) is 22.9 Å². The van der Waals surface area contributed by atoms with Crippen LogP contribution in [0.5, 0.6) is 0 Å². The van der Waals surface area contributed by atoms with E-state index >= 15 is 0 Å². The van der Waals surface area contributed by atoms with E-state index in [0.29, 0.717) is 6.07 Å². The molecular weight excluding hydrogens is 298 g/mol. The SMILES string of the molecule is CC1(C)CCCNC1CNS(=O)(=O)c1ccc(F)c(F)c1. The minimum Gasteiger partial charge on any atom is -0.312 e. The molecular formula is C14H20F2N2O2S. The smallest absolute Gasteiger partial charge is 0.240 e. The summed E-state index contributed by atoms with van der Waals surface area (Å²) in [7, 11) is -3.85. The van der Waals surface area contributed by atoms with Gasteiger partial charge in [-0.15, -0.1) is 0 Å². The highest BCUT2D eigenvalue weighted by Gasteiger charge is 2.32. The number of benzene rings is 1. The fourth-order valence-corrected chi connectivity index (χ4v) is 3.60. The maximum Gasteiger partial charge on any atom is 0.240 e. The van der Waals surface area contributed by atoms with Crippen molar-refractivity contribution in [2.24, 2.45) is 5.41 Å². The fraction of sp³-hybridized carbons (Fsp3) is 0.571. The van der Waals surface area contributed by atoms with E-state index in [1.54, 1.807) is 0 Å². The maximum absolute atomic E-state index is 13.1. The summed E-state index contributed by atoms with van der Waals surface area (Å²) < 4.78 is 52.7. The summed E-state index contributed by atoms with van der Waals surface area (Å²) in [5.74, 6) is -2.24. The molecule has 2 rings (SSSR count). The first kappa shape index (κ1) is 16.3. The predicted octanol–water partition coefficient (Wildman–Crippen LogP) is 2.02. The van der Waals surface area contributed by atoms with E-state index in [4.69, 9.17) is 0 Å². The maximum atomic E-state index is 13.1. The fourth-order valence-electron chi connectivity index (χ4n) is 2.54. The summed E-state index contributed by atoms with van der Waals surface area (Å²) in [4.78, 5) is -0.269. The molecule has 1 atom stereocenters. The van der Waals surface area contributed by atoms with Gasteiger partial charge in [-0.1, -0.05) is 13.8 Å². The summed E-state index contributed by atoms with van der Waals surface area (Å²) in [5.41, 5.74) is -0.0190. The summed E-state index contributed by atoms with van der Waals surface area (Å²) in [6.45, 7) is 5.22. The Balaban J connectivity index is 2.09. The van der Waals surface area contributed by atoms with Gasteiger partial charge in [0.15, 0.2) is 11.6 Å². The van der Waals surface area contributed by atoms with Crippen LogP contribution in [0.15, 0.2) is 23.1 Å². The van der Waals surface area contributed by atoms with Crippen LogP contribution < -0.4 is 10.0 Å². The zero-order valence-electron chi connectivity index (χ0n) is 12.1. The number of rotatable bonds is 4. The molecule has 1 unspecified atom stereocenters. The van der Waals surface area contributed by atoms with E-state index < -0.39 is 21.7 Å². The minimum atomic E-state index is -3.85. The van der Waals surface area contributed by atoms with Crippen molar-refractivity contribution in [1.29, 1.82) is 0 Å². The van der Waals surface area contributed by atoms with Crippen LogP contribution in [-0.4, -0.2) is 27.5 Å². The van der Waals surface area contributed by atoms with Crippen LogP contribution >= 0.6 is 0 Å². The quantitative estimate of drug-likeness (QED) is 0.893. The van der Waals surface area contributed by atoms with Crippen LogP contribution in [0.25, 0.3) is 0 Å². The molecule has 1 aromatic rings. The molecule has 1 heterocycles. The van der Waals surface area contributed by atoms with Crippen molar-refractivity contribution in [3.8, 4) is 0 Å². The molecule has 0 saturated carbocycles. The van der Waals surface area contributed by atoms with Gasteiger partial charge in [-0.3, -0.25) is 0 Å². The normalized spacial score (nSPS) is 22.2. The van der Waals surface area contributed by atoms with Gasteiger partial charge in [0.2, 0.25) is 10.0 Å². The predicted molar refractivity (Wildman–Crippen MR) is 76.4 cm³/mol. The Bertz CT molecular complexity index is 617. The van der Waals surface area contributed by atoms with Crippen molar-refractivity contribution in [3.63, 3.8) is 0 Å². The highest BCUT2D eigenvalue weighted by atomic mass is 32.2. The highest BCUT2D eigenvalue weighted by molar-refractivity contribution is 7.89. The first-order chi connectivity index (χ1) is 9.72. The molecule has 1 aromatic carbocycles. The highest BCUT2D eigenvalue weighted by Crippen LogP contribution is 2.29. The van der Waals surface area contributed by atoms with E-state index in [9.17, 15) is 17.2 Å². The summed E-state index contributed by atoms with van der Waals surface area (Å²) >= 11 is 0. The second kappa shape index (κ2) is 5.98. The molecule has 0 spiro atoms. The molecule has 1 aliphatic rings. The molecule has 1 fully saturated rings. The van der Waals surface area contributed by atoms with E-state index in [2.05, 4.69) is 23.9 Å². The van der Waals surface area contributed by atoms with Crippen molar-refractivity contribution < 1.29 is 17.2 Å². The molecule has 1 saturated heterocycles. The average Bonchev–Trinajstić information content (AvgIpc) is 2.40. The summed E-state index contributed by atoms with van der Waals surface area (Å²) in [5, 5.41) is 3.29. The second-order valence-corrected chi connectivity index (χ2v) is 7.79. The van der Waals surface area contributed by atoms with E-state index in [0.717, 1.165) is 31.5 Å². The van der Waals surface area contributed by atoms with Gasteiger partial charge < -0.3 is 5.32 Å². The van der Waals surface area contributed by atoms with Crippen molar-refractivity contribution in [2.45, 2.75) is 37.6 Å². The zero-order chi connectivity index (χ0) is 15.7. The third-order valence-electron chi connectivity index (χ3n) is 4.01. The lowest BCUT2D eigenvalue weighted by Crippen LogP contribution is -2.52. The van der Waals surface area contributed by atoms with E-state index in [1.807, 2.05) is 0 Å². The molecule has 2 N–H and O–H groups in total. The molecule has 0 aliphatic carbocycles. The first-order valence-electron chi connectivity index (χ1n) is 6.90. The van der Waals surface area contributed by atoms with Crippen molar-refractivity contribution in [1.82, 2.24) is 10.0 Å². The third kappa shape index (κ3) is 3.78. The van der Waals surface area contributed by atoms with Gasteiger partial charge in [0.1, 0.15) is 0 Å². The standard InChI is InChI=1S/C14H20F2N2O2S/c1-14(2)6-3-7-17-13(14)9-18-21(19,20)10-4-5-11(15)12(16)8-10/h4-5,8,13,17-18H,3,6-7,9H2,1-2H3. The largest absolute Gasteiger partial charge is 0.312 e. The lowest BCUT2D eigenvalue weighted by molar-refractivity contribution is 0.181. The average molecular weight is 318 g/mol. The number of sulfonamides is 1. The molecule has 0 radical (unpaired) electrons. The Morgan fingerprint density at radius 3 is 2.67 bits per heavy atom. The summed E-state index contributed by atoms with van der Waals surface area (Å²) in [6, 6.07) is 2.57. The van der Waals surface area contributed by atoms with Crippen LogP contribution in [0.4, 0.5) is 8.78 Å². The van der Waals surface area contributed by atoms with Crippen LogP contribution in [0.2, 0.25) is 0 Å². The Labute approximate surface area is 124 Å². The van der Waals surface area contributed by atoms with Crippen LogP contribution in [0.1, 0.15) is 26.7 Å². The number of nitrogens with one attached hydrogen (secondary N) is 2. The molecule has 118 valence electrons. The van der Waals surface area contributed by atoms with Gasteiger partial charge in [0, 0.05) is 12.6 Å². The number of hydrogen-bond acceptors (Lipinski definition) is 3. The Hall–Kier alpha value is -1.05. The zero-order valence-corrected chi connectivity index (χ0v) is 12.9. The Morgan fingerprint density at radius 1 is 1.33 bits per heavy atom. The van der Waals surface area contributed by atoms with Gasteiger partial charge >= 0.3 is 0 Å². The molecule has 4 nitrogen and oxygen atoms in total. The number of piperidine rings is 1. The van der Waals surface area contributed by atoms with Crippen molar-refractivity contribution >= 4 is 10.0 Å². The number of hydrogen-bond donors (Lipinski definition) is 2. The van der Waals surface area contributed by atoms with Gasteiger partial charge in [0.25, 0.3) is 0 Å². The Morgan fingerprint density at radius 2 is 2.05 bits per heavy atom. The molecule has 0 aromatic heterocycles. The lowest BCUT2D eigenvalue weighted by Gasteiger charge is -2.39. The first-order valence-corrected chi connectivity index (χ1v) is 8.39. The molecule has 0 bridgehead atoms. The van der Waals surface area contributed by atoms with Gasteiger partial charge in [-0.05, 0) is 43.0 Å². The lowest BCUT2D eigenvalue weighted by atomic mass is 9.78. The van der Waals surface area contributed by atoms with Crippen LogP contribution in [0.3, 0.4) is 0 Å². The third-order valence-corrected chi connectivity index (χ3v) is 5.43. The van der Waals surface area contributed by atoms with Crippen molar-refractivity contribution in [3.05, 3.63) is 29.8 Å². The molecule has 1 aliphatic heterocycles. The summed E-state index contributed by atoms with van der Waals surface area (Å²) in [6.07, 6.45) is 2.07. The van der Waals surface area contributed by atoms with Crippen LogP contribution in [0, 0.1) is 17.0 Å².